The summed E-state index contributed by atoms with van der Waals surface area (Å²) in [7, 11) is 0. The van der Waals surface area contributed by atoms with Crippen molar-refractivity contribution in [3.8, 4) is 0 Å². The monoisotopic (exact) mass is 318 g/mol. The van der Waals surface area contributed by atoms with Crippen LogP contribution in [-0.4, -0.2) is 53.8 Å². The summed E-state index contributed by atoms with van der Waals surface area (Å²) in [5.74, 6) is 0.725. The lowest BCUT2D eigenvalue weighted by Gasteiger charge is -2.37. The first-order valence-electron chi connectivity index (χ1n) is 9.00. The van der Waals surface area contributed by atoms with Gasteiger partial charge in [0.25, 0.3) is 5.56 Å². The van der Waals surface area contributed by atoms with Crippen molar-refractivity contribution in [1.82, 2.24) is 14.9 Å². The molecule has 2 aliphatic heterocycles. The van der Waals surface area contributed by atoms with Crippen molar-refractivity contribution in [2.45, 2.75) is 51.1 Å². The van der Waals surface area contributed by atoms with Crippen LogP contribution in [0.3, 0.4) is 0 Å². The van der Waals surface area contributed by atoms with E-state index in [1.54, 1.807) is 0 Å². The standard InChI is InChI=1S/C17H26N4O2/c22-16-14-12-21(13-4-2-1-3-5-13)7-6-15(14)18-17(19-16)20-8-10-23-11-9-20/h13H,1-12H2,(H,18,19,22). The molecule has 1 aromatic heterocycles. The van der Waals surface area contributed by atoms with Crippen LogP contribution in [0.2, 0.25) is 0 Å². The molecule has 4 rings (SSSR count). The van der Waals surface area contributed by atoms with E-state index in [-0.39, 0.29) is 5.56 Å². The van der Waals surface area contributed by atoms with Gasteiger partial charge in [-0.1, -0.05) is 19.3 Å². The minimum absolute atomic E-state index is 0.0528. The maximum Gasteiger partial charge on any atom is 0.257 e. The van der Waals surface area contributed by atoms with Gasteiger partial charge >= 0.3 is 0 Å². The topological polar surface area (TPSA) is 61.5 Å². The molecule has 126 valence electrons. The van der Waals surface area contributed by atoms with E-state index in [1.807, 2.05) is 0 Å². The van der Waals surface area contributed by atoms with Gasteiger partial charge in [0.05, 0.1) is 24.5 Å². The van der Waals surface area contributed by atoms with Crippen LogP contribution in [0.15, 0.2) is 4.79 Å². The van der Waals surface area contributed by atoms with E-state index in [0.29, 0.717) is 19.3 Å². The van der Waals surface area contributed by atoms with E-state index in [9.17, 15) is 4.79 Å². The van der Waals surface area contributed by atoms with Crippen molar-refractivity contribution in [2.75, 3.05) is 37.7 Å². The highest BCUT2D eigenvalue weighted by molar-refractivity contribution is 5.34. The van der Waals surface area contributed by atoms with Gasteiger partial charge in [-0.2, -0.15) is 0 Å². The number of hydrogen-bond donors (Lipinski definition) is 1. The normalized spacial score (nSPS) is 23.7. The van der Waals surface area contributed by atoms with Crippen LogP contribution in [0.5, 0.6) is 0 Å². The molecule has 2 fully saturated rings. The first-order chi connectivity index (χ1) is 11.3. The molecule has 0 aromatic carbocycles. The molecule has 1 aromatic rings. The summed E-state index contributed by atoms with van der Waals surface area (Å²) in [6, 6.07) is 0.662. The summed E-state index contributed by atoms with van der Waals surface area (Å²) in [4.78, 5) is 25.0. The van der Waals surface area contributed by atoms with Crippen LogP contribution in [0.25, 0.3) is 0 Å². The number of ether oxygens (including phenoxy) is 1. The number of H-pyrrole nitrogens is 1. The number of fused-ring (bicyclic) bond motifs is 1. The van der Waals surface area contributed by atoms with Crippen molar-refractivity contribution in [1.29, 1.82) is 0 Å². The minimum atomic E-state index is 0.0528. The molecule has 0 spiro atoms. The quantitative estimate of drug-likeness (QED) is 0.890. The molecule has 6 nitrogen and oxygen atoms in total. The summed E-state index contributed by atoms with van der Waals surface area (Å²) in [6.45, 7) is 4.82. The third-order valence-corrected chi connectivity index (χ3v) is 5.49. The Balaban J connectivity index is 1.54. The Morgan fingerprint density at radius 3 is 2.65 bits per heavy atom. The fourth-order valence-corrected chi connectivity index (χ4v) is 4.12. The van der Waals surface area contributed by atoms with Gasteiger partial charge in [0, 0.05) is 38.6 Å². The maximum absolute atomic E-state index is 12.6. The van der Waals surface area contributed by atoms with Crippen LogP contribution < -0.4 is 10.5 Å². The molecule has 1 N–H and O–H groups in total. The van der Waals surface area contributed by atoms with E-state index in [0.717, 1.165) is 49.8 Å². The lowest BCUT2D eigenvalue weighted by atomic mass is 9.92. The van der Waals surface area contributed by atoms with Gasteiger partial charge < -0.3 is 9.64 Å². The van der Waals surface area contributed by atoms with Crippen molar-refractivity contribution in [2.24, 2.45) is 0 Å². The highest BCUT2D eigenvalue weighted by atomic mass is 16.5. The van der Waals surface area contributed by atoms with E-state index < -0.39 is 0 Å². The van der Waals surface area contributed by atoms with Gasteiger partial charge in [-0.05, 0) is 12.8 Å². The Kier molecular flexibility index (Phi) is 4.35. The molecule has 1 saturated heterocycles. The van der Waals surface area contributed by atoms with Gasteiger partial charge in [0.15, 0.2) is 0 Å². The molecule has 3 heterocycles. The predicted octanol–water partition coefficient (Wildman–Crippen LogP) is 1.30. The molecular formula is C17H26N4O2. The highest BCUT2D eigenvalue weighted by Gasteiger charge is 2.28. The van der Waals surface area contributed by atoms with Crippen LogP contribution in [0.1, 0.15) is 43.4 Å². The second kappa shape index (κ2) is 6.61. The number of hydrogen-bond acceptors (Lipinski definition) is 5. The first-order valence-corrected chi connectivity index (χ1v) is 9.00. The van der Waals surface area contributed by atoms with E-state index >= 15 is 0 Å². The highest BCUT2D eigenvalue weighted by Crippen LogP contribution is 2.26. The number of aromatic nitrogens is 2. The maximum atomic E-state index is 12.6. The summed E-state index contributed by atoms with van der Waals surface area (Å²) in [5.41, 5.74) is 1.94. The van der Waals surface area contributed by atoms with Crippen molar-refractivity contribution in [3.63, 3.8) is 0 Å². The predicted molar refractivity (Wildman–Crippen MR) is 88.9 cm³/mol. The largest absolute Gasteiger partial charge is 0.378 e. The van der Waals surface area contributed by atoms with Crippen LogP contribution in [-0.2, 0) is 17.7 Å². The Morgan fingerprint density at radius 1 is 1.09 bits per heavy atom. The second-order valence-electron chi connectivity index (χ2n) is 6.93. The molecule has 1 aliphatic carbocycles. The molecule has 0 unspecified atom stereocenters. The van der Waals surface area contributed by atoms with Crippen molar-refractivity contribution >= 4 is 5.95 Å². The average molecular weight is 318 g/mol. The SMILES string of the molecule is O=c1[nH]c(N2CCOCC2)nc2c1CN(C1CCCCC1)CC2. The molecule has 0 atom stereocenters. The van der Waals surface area contributed by atoms with E-state index in [2.05, 4.69) is 14.8 Å². The van der Waals surface area contributed by atoms with Crippen molar-refractivity contribution in [3.05, 3.63) is 21.6 Å². The second-order valence-corrected chi connectivity index (χ2v) is 6.93. The number of morpholine rings is 1. The zero-order chi connectivity index (χ0) is 15.6. The number of aromatic amines is 1. The Bertz CT molecular complexity index is 603. The van der Waals surface area contributed by atoms with Gasteiger partial charge in [0.1, 0.15) is 0 Å². The fraction of sp³-hybridized carbons (Fsp3) is 0.765. The summed E-state index contributed by atoms with van der Waals surface area (Å²) < 4.78 is 5.38. The van der Waals surface area contributed by atoms with Gasteiger partial charge in [-0.25, -0.2) is 4.98 Å². The molecule has 1 saturated carbocycles. The summed E-state index contributed by atoms with van der Waals surface area (Å²) in [6.07, 6.45) is 7.50. The van der Waals surface area contributed by atoms with E-state index in [1.165, 1.54) is 32.1 Å². The average Bonchev–Trinajstić information content (AvgIpc) is 2.63. The number of rotatable bonds is 2. The lowest BCUT2D eigenvalue weighted by Crippen LogP contribution is -2.44. The minimum Gasteiger partial charge on any atom is -0.378 e. The zero-order valence-electron chi connectivity index (χ0n) is 13.7. The molecule has 0 amide bonds. The molecule has 0 radical (unpaired) electrons. The lowest BCUT2D eigenvalue weighted by molar-refractivity contribution is 0.121. The third kappa shape index (κ3) is 3.15. The zero-order valence-corrected chi connectivity index (χ0v) is 13.7. The number of nitrogens with one attached hydrogen (secondary N) is 1. The summed E-state index contributed by atoms with van der Waals surface area (Å²) in [5, 5.41) is 0. The van der Waals surface area contributed by atoms with Gasteiger partial charge in [0.2, 0.25) is 5.95 Å². The third-order valence-electron chi connectivity index (χ3n) is 5.49. The summed E-state index contributed by atoms with van der Waals surface area (Å²) >= 11 is 0. The van der Waals surface area contributed by atoms with Crippen LogP contribution in [0.4, 0.5) is 5.95 Å². The number of nitrogens with zero attached hydrogens (tertiary/aromatic N) is 3. The van der Waals surface area contributed by atoms with Crippen molar-refractivity contribution < 1.29 is 4.74 Å². The molecule has 3 aliphatic rings. The Labute approximate surface area is 136 Å². The fourth-order valence-electron chi connectivity index (χ4n) is 4.12. The molecule has 0 bridgehead atoms. The van der Waals surface area contributed by atoms with Gasteiger partial charge in [-0.15, -0.1) is 0 Å². The van der Waals surface area contributed by atoms with Crippen LogP contribution in [0, 0.1) is 0 Å². The first kappa shape index (κ1) is 15.1. The number of anilines is 1. The Hall–Kier alpha value is -1.40. The smallest absolute Gasteiger partial charge is 0.257 e. The van der Waals surface area contributed by atoms with Crippen LogP contribution >= 0.6 is 0 Å². The Morgan fingerprint density at radius 2 is 1.87 bits per heavy atom. The molecule has 23 heavy (non-hydrogen) atoms. The molecule has 6 heteroatoms. The molecular weight excluding hydrogens is 292 g/mol. The van der Waals surface area contributed by atoms with Gasteiger partial charge in [-0.3, -0.25) is 14.7 Å². The van der Waals surface area contributed by atoms with E-state index in [4.69, 9.17) is 9.72 Å².